The minimum absolute atomic E-state index is 0.165. The molecule has 11 nitrogen and oxygen atoms in total. The van der Waals surface area contributed by atoms with Gasteiger partial charge in [-0.05, 0) is 12.1 Å². The van der Waals surface area contributed by atoms with Gasteiger partial charge in [-0.1, -0.05) is 48.5 Å². The molecule has 4 rings (SSSR count). The van der Waals surface area contributed by atoms with E-state index in [0.29, 0.717) is 5.56 Å². The first-order valence-corrected chi connectivity index (χ1v) is 11.7. The summed E-state index contributed by atoms with van der Waals surface area (Å²) in [5.74, 6) is -4.94. The van der Waals surface area contributed by atoms with Crippen molar-refractivity contribution >= 4 is 17.8 Å². The third-order valence-electron chi connectivity index (χ3n) is 6.18. The van der Waals surface area contributed by atoms with Crippen LogP contribution in [0.5, 0.6) is 0 Å². The highest BCUT2D eigenvalue weighted by Crippen LogP contribution is 2.37. The topological polar surface area (TPSA) is 150 Å². The molecule has 0 bridgehead atoms. The van der Waals surface area contributed by atoms with Crippen molar-refractivity contribution in [2.45, 2.75) is 55.9 Å². The number of aliphatic hydroxyl groups excluding tert-OH is 1. The quantitative estimate of drug-likeness (QED) is 0.473. The number of nitrogens with one attached hydrogen (secondary N) is 1. The molecule has 37 heavy (non-hydrogen) atoms. The average molecular weight is 516 g/mol. The number of benzene rings is 2. The van der Waals surface area contributed by atoms with Crippen LogP contribution in [0, 0.1) is 0 Å². The van der Waals surface area contributed by atoms with Gasteiger partial charge in [0.25, 0.3) is 5.79 Å². The zero-order valence-electron chi connectivity index (χ0n) is 20.3. The van der Waals surface area contributed by atoms with E-state index in [9.17, 15) is 24.6 Å². The van der Waals surface area contributed by atoms with E-state index in [1.807, 2.05) is 6.07 Å². The van der Waals surface area contributed by atoms with Gasteiger partial charge in [-0.15, -0.1) is 0 Å². The molecule has 2 aliphatic rings. The summed E-state index contributed by atoms with van der Waals surface area (Å²) in [4.78, 5) is 37.6. The number of ether oxygens (including phenoxy) is 5. The van der Waals surface area contributed by atoms with E-state index in [2.05, 4.69) is 5.32 Å². The maximum atomic E-state index is 12.9. The van der Waals surface area contributed by atoms with Gasteiger partial charge in [-0.3, -0.25) is 4.79 Å². The number of hydrogen-bond acceptors (Lipinski definition) is 10. The van der Waals surface area contributed by atoms with E-state index < -0.39 is 66.8 Å². The van der Waals surface area contributed by atoms with Crippen LogP contribution < -0.4 is 5.32 Å². The van der Waals surface area contributed by atoms with E-state index in [-0.39, 0.29) is 12.2 Å². The van der Waals surface area contributed by atoms with Gasteiger partial charge >= 0.3 is 11.9 Å². The molecule has 1 amide bonds. The molecule has 0 radical (unpaired) electrons. The van der Waals surface area contributed by atoms with Gasteiger partial charge in [-0.25, -0.2) is 9.59 Å². The van der Waals surface area contributed by atoms with Crippen LogP contribution in [0.3, 0.4) is 0 Å². The van der Waals surface area contributed by atoms with E-state index in [4.69, 9.17) is 23.7 Å². The summed E-state index contributed by atoms with van der Waals surface area (Å²) in [5.41, 5.74) is 0.877. The molecule has 1 unspecified atom stereocenters. The Morgan fingerprint density at radius 2 is 1.68 bits per heavy atom. The predicted molar refractivity (Wildman–Crippen MR) is 126 cm³/mol. The summed E-state index contributed by atoms with van der Waals surface area (Å²) >= 11 is 0. The van der Waals surface area contributed by atoms with E-state index >= 15 is 0 Å². The number of carbonyl (C=O) groups excluding carboxylic acids is 3. The first-order valence-electron chi connectivity index (χ1n) is 11.7. The fourth-order valence-electron chi connectivity index (χ4n) is 4.46. The zero-order valence-corrected chi connectivity index (χ0v) is 20.3. The number of carbonyl (C=O) groups is 3. The monoisotopic (exact) mass is 515 g/mol. The second kappa shape index (κ2) is 11.4. The summed E-state index contributed by atoms with van der Waals surface area (Å²) in [5, 5.41) is 24.6. The van der Waals surface area contributed by atoms with Gasteiger partial charge in [0.1, 0.15) is 24.4 Å². The lowest BCUT2D eigenvalue weighted by molar-refractivity contribution is -0.332. The fourth-order valence-corrected chi connectivity index (χ4v) is 4.46. The van der Waals surface area contributed by atoms with Crippen LogP contribution in [0.2, 0.25) is 0 Å². The Hall–Kier alpha value is -3.35. The lowest BCUT2D eigenvalue weighted by Gasteiger charge is -2.48. The predicted octanol–water partition coefficient (Wildman–Crippen LogP) is 0.842. The SMILES string of the molecule is COC(=O)[C@]1(O)C[C@H](OC(=O)c2ccccc2)[C@@H](NC(C)=O)[C@H]([C@@H]2OC(c3ccccc3)OC[C@H]2O)O1. The van der Waals surface area contributed by atoms with E-state index in [1.165, 1.54) is 19.1 Å². The van der Waals surface area contributed by atoms with Crippen molar-refractivity contribution in [3.8, 4) is 0 Å². The summed E-state index contributed by atoms with van der Waals surface area (Å²) in [7, 11) is 1.06. The molecular formula is C26H29NO10. The summed E-state index contributed by atoms with van der Waals surface area (Å²) in [6.07, 6.45) is -6.53. The number of amides is 1. The van der Waals surface area contributed by atoms with Crippen molar-refractivity contribution in [2.75, 3.05) is 13.7 Å². The van der Waals surface area contributed by atoms with E-state index in [1.54, 1.807) is 42.5 Å². The molecule has 0 aromatic heterocycles. The summed E-state index contributed by atoms with van der Waals surface area (Å²) < 4.78 is 27.9. The van der Waals surface area contributed by atoms with Crippen molar-refractivity contribution in [1.29, 1.82) is 0 Å². The Labute approximate surface area is 213 Å². The van der Waals surface area contributed by atoms with Crippen LogP contribution >= 0.6 is 0 Å². The number of hydrogen-bond donors (Lipinski definition) is 3. The largest absolute Gasteiger partial charge is 0.465 e. The molecular weight excluding hydrogens is 486 g/mol. The molecule has 2 aromatic carbocycles. The van der Waals surface area contributed by atoms with Crippen molar-refractivity contribution in [1.82, 2.24) is 5.32 Å². The molecule has 0 spiro atoms. The number of esters is 2. The highest BCUT2D eigenvalue weighted by molar-refractivity contribution is 5.89. The number of methoxy groups -OCH3 is 1. The smallest absolute Gasteiger partial charge is 0.366 e. The average Bonchev–Trinajstić information content (AvgIpc) is 2.90. The minimum atomic E-state index is -2.56. The standard InChI is InChI=1S/C26H29NO10/c1-15(28)27-20-19(35-23(30)16-9-5-3-6-10-16)13-26(32,25(31)33-2)37-22(20)21-18(29)14-34-24(36-21)17-11-7-4-8-12-17/h3-12,18-22,24,29,32H,13-14H2,1-2H3,(H,27,28)/t18-,19+,20-,21-,22-,24?,26+/m1/s1. The lowest BCUT2D eigenvalue weighted by atomic mass is 9.88. The molecule has 2 saturated heterocycles. The normalized spacial score (nSPS) is 31.7. The molecule has 3 N–H and O–H groups in total. The molecule has 2 fully saturated rings. The molecule has 2 aromatic rings. The number of aliphatic hydroxyl groups is 2. The van der Waals surface area contributed by atoms with Crippen molar-refractivity contribution < 1.29 is 48.3 Å². The molecule has 0 saturated carbocycles. The second-order valence-corrected chi connectivity index (χ2v) is 8.84. The molecule has 0 aliphatic carbocycles. The molecule has 198 valence electrons. The van der Waals surface area contributed by atoms with Gasteiger partial charge in [0.2, 0.25) is 5.91 Å². The number of rotatable bonds is 6. The van der Waals surface area contributed by atoms with Crippen LogP contribution in [0.15, 0.2) is 60.7 Å². The zero-order chi connectivity index (χ0) is 26.6. The van der Waals surface area contributed by atoms with Crippen LogP contribution in [0.25, 0.3) is 0 Å². The van der Waals surface area contributed by atoms with Gasteiger partial charge in [0.05, 0.1) is 31.7 Å². The molecule has 2 aliphatic heterocycles. The third kappa shape index (κ3) is 5.97. The highest BCUT2D eigenvalue weighted by Gasteiger charge is 2.57. The first-order chi connectivity index (χ1) is 17.7. The lowest BCUT2D eigenvalue weighted by Crippen LogP contribution is -2.69. The second-order valence-electron chi connectivity index (χ2n) is 8.84. The van der Waals surface area contributed by atoms with Crippen molar-refractivity contribution in [3.63, 3.8) is 0 Å². The van der Waals surface area contributed by atoms with Crippen LogP contribution in [0.4, 0.5) is 0 Å². The van der Waals surface area contributed by atoms with Crippen LogP contribution in [-0.4, -0.2) is 78.0 Å². The van der Waals surface area contributed by atoms with Gasteiger partial charge in [-0.2, -0.15) is 0 Å². The fraction of sp³-hybridized carbons (Fsp3) is 0.423. The Morgan fingerprint density at radius 3 is 2.30 bits per heavy atom. The van der Waals surface area contributed by atoms with Gasteiger partial charge in [0, 0.05) is 12.5 Å². The molecule has 2 heterocycles. The molecule has 11 heteroatoms. The minimum Gasteiger partial charge on any atom is -0.465 e. The van der Waals surface area contributed by atoms with E-state index in [0.717, 1.165) is 7.11 Å². The van der Waals surface area contributed by atoms with Crippen LogP contribution in [0.1, 0.15) is 35.6 Å². The highest BCUT2D eigenvalue weighted by atomic mass is 16.7. The maximum Gasteiger partial charge on any atom is 0.366 e. The van der Waals surface area contributed by atoms with Gasteiger partial charge < -0.3 is 39.2 Å². The Balaban J connectivity index is 1.69. The molecule has 7 atom stereocenters. The van der Waals surface area contributed by atoms with Crippen molar-refractivity contribution in [3.05, 3.63) is 71.8 Å². The summed E-state index contributed by atoms with van der Waals surface area (Å²) in [6, 6.07) is 15.9. The Bertz CT molecular complexity index is 1100. The third-order valence-corrected chi connectivity index (χ3v) is 6.18. The van der Waals surface area contributed by atoms with Crippen LogP contribution in [-0.2, 0) is 33.3 Å². The van der Waals surface area contributed by atoms with Crippen molar-refractivity contribution in [2.24, 2.45) is 0 Å². The van der Waals surface area contributed by atoms with Gasteiger partial charge in [0.15, 0.2) is 6.29 Å². The maximum absolute atomic E-state index is 12.9. The Morgan fingerprint density at radius 1 is 1.03 bits per heavy atom. The Kier molecular flexibility index (Phi) is 8.20. The first kappa shape index (κ1) is 26.7. The summed E-state index contributed by atoms with van der Waals surface area (Å²) in [6.45, 7) is 1.09.